The average molecular weight is 713 g/mol. The molecule has 0 aromatic carbocycles. The second-order valence-electron chi connectivity index (χ2n) is 17.7. The van der Waals surface area contributed by atoms with Crippen molar-refractivity contribution < 1.29 is 59.8 Å². The second-order valence-corrected chi connectivity index (χ2v) is 17.7. The van der Waals surface area contributed by atoms with E-state index >= 15 is 0 Å². The van der Waals surface area contributed by atoms with Crippen LogP contribution in [-0.2, 0) is 18.9 Å². The topological polar surface area (TPSA) is 199 Å². The first-order valence-corrected chi connectivity index (χ1v) is 19.2. The van der Waals surface area contributed by atoms with Crippen LogP contribution in [0.1, 0.15) is 92.9 Å². The molecule has 8 N–H and O–H groups in total. The summed E-state index contributed by atoms with van der Waals surface area (Å²) in [6.45, 7) is 12.4. The van der Waals surface area contributed by atoms with E-state index in [1.807, 2.05) is 0 Å². The zero-order valence-electron chi connectivity index (χ0n) is 30.6. The lowest BCUT2D eigenvalue weighted by atomic mass is 9.46. The van der Waals surface area contributed by atoms with Crippen LogP contribution in [-0.4, -0.2) is 127 Å². The lowest BCUT2D eigenvalue weighted by molar-refractivity contribution is -0.309. The zero-order valence-corrected chi connectivity index (χ0v) is 30.6. The first-order valence-electron chi connectivity index (χ1n) is 19.2. The SMILES string of the molecule is CC(C)CCC(O)[C@@H](C)[C@H]1C(O[C@@H]2O[C@@H](C)[C@H](O)[C@@H](O)[C@H]2O)C[C@H]2[C@@H]3CC=C4CC(O)CC(O[C@@H]5OC[C@H](O)[C@H](O)[C@H]5O)[C@]4(C)[C@H]3CC[C@]12C. The van der Waals surface area contributed by atoms with Crippen molar-refractivity contribution in [1.29, 1.82) is 0 Å². The molecule has 0 aromatic rings. The van der Waals surface area contributed by atoms with E-state index in [0.29, 0.717) is 31.6 Å². The van der Waals surface area contributed by atoms with E-state index in [1.165, 1.54) is 0 Å². The van der Waals surface area contributed by atoms with Crippen molar-refractivity contribution in [2.24, 2.45) is 46.3 Å². The smallest absolute Gasteiger partial charge is 0.186 e. The van der Waals surface area contributed by atoms with Crippen LogP contribution in [0.2, 0.25) is 0 Å². The van der Waals surface area contributed by atoms with Crippen LogP contribution in [0.3, 0.4) is 0 Å². The minimum absolute atomic E-state index is 0.0668. The van der Waals surface area contributed by atoms with Gasteiger partial charge in [-0.25, -0.2) is 0 Å². The quantitative estimate of drug-likeness (QED) is 0.161. The van der Waals surface area contributed by atoms with Gasteiger partial charge in [-0.3, -0.25) is 0 Å². The third-order valence-electron chi connectivity index (χ3n) is 14.3. The number of allylic oxidation sites excluding steroid dienone is 1. The first-order chi connectivity index (χ1) is 23.5. The van der Waals surface area contributed by atoms with E-state index in [2.05, 4.69) is 40.7 Å². The van der Waals surface area contributed by atoms with Gasteiger partial charge in [-0.1, -0.05) is 46.3 Å². The summed E-state index contributed by atoms with van der Waals surface area (Å²) in [5.74, 6) is 0.838. The molecule has 5 fully saturated rings. The van der Waals surface area contributed by atoms with Crippen molar-refractivity contribution in [2.45, 2.75) is 173 Å². The molecule has 2 aliphatic heterocycles. The van der Waals surface area contributed by atoms with Crippen molar-refractivity contribution >= 4 is 0 Å². The highest BCUT2D eigenvalue weighted by Gasteiger charge is 2.65. The van der Waals surface area contributed by atoms with Crippen molar-refractivity contribution in [3.8, 4) is 0 Å². The monoisotopic (exact) mass is 712 g/mol. The maximum absolute atomic E-state index is 11.6. The molecule has 0 bridgehead atoms. The molecule has 0 amide bonds. The molecule has 3 saturated carbocycles. The Morgan fingerprint density at radius 3 is 2.26 bits per heavy atom. The predicted molar refractivity (Wildman–Crippen MR) is 181 cm³/mol. The van der Waals surface area contributed by atoms with Crippen LogP contribution < -0.4 is 0 Å². The first kappa shape index (κ1) is 39.0. The van der Waals surface area contributed by atoms with Gasteiger partial charge in [0.15, 0.2) is 12.6 Å². The predicted octanol–water partition coefficient (Wildman–Crippen LogP) is 1.62. The minimum Gasteiger partial charge on any atom is -0.393 e. The fraction of sp³-hybridized carbons (Fsp3) is 0.947. The Bertz CT molecular complexity index is 1200. The Morgan fingerprint density at radius 1 is 0.860 bits per heavy atom. The molecule has 6 rings (SSSR count). The van der Waals surface area contributed by atoms with Gasteiger partial charge >= 0.3 is 0 Å². The molecule has 0 spiro atoms. The molecule has 6 aliphatic rings. The standard InChI is InChI=1S/C38H64O12/c1-17(2)7-10-25(40)18(3)29-27(49-36-34(46)32(44)30(42)19(4)48-36)15-24-22-9-8-20-13-21(39)14-28(38(20,6)23(22)11-12-37(24,29)5)50-35-33(45)31(43)26(41)16-47-35/h8,17-19,21-36,39-46H,7,9-16H2,1-6H3/t18-,19+,21?,22-,23+,24+,25?,26+,27?,28?,29+,30+,31+,32-,33-,34-,35+,36+,37+,38+/m1/s1. The Labute approximate surface area is 296 Å². The largest absolute Gasteiger partial charge is 0.393 e. The summed E-state index contributed by atoms with van der Waals surface area (Å²) in [6, 6.07) is 0. The molecule has 50 heavy (non-hydrogen) atoms. The number of rotatable bonds is 9. The molecule has 2 heterocycles. The molecule has 4 unspecified atom stereocenters. The fourth-order valence-electron chi connectivity index (χ4n) is 11.3. The highest BCUT2D eigenvalue weighted by molar-refractivity contribution is 5.28. The van der Waals surface area contributed by atoms with Gasteiger partial charge in [-0.2, -0.15) is 0 Å². The molecule has 12 nitrogen and oxygen atoms in total. The van der Waals surface area contributed by atoms with E-state index in [-0.39, 0.29) is 47.7 Å². The summed E-state index contributed by atoms with van der Waals surface area (Å²) in [7, 11) is 0. The number of ether oxygens (including phenoxy) is 4. The lowest BCUT2D eigenvalue weighted by Crippen LogP contribution is -2.60. The van der Waals surface area contributed by atoms with Crippen LogP contribution in [0.15, 0.2) is 11.6 Å². The van der Waals surface area contributed by atoms with Gasteiger partial charge in [-0.15, -0.1) is 0 Å². The van der Waals surface area contributed by atoms with Crippen molar-refractivity contribution in [3.63, 3.8) is 0 Å². The zero-order chi connectivity index (χ0) is 36.4. The van der Waals surface area contributed by atoms with Crippen molar-refractivity contribution in [1.82, 2.24) is 0 Å². The average Bonchev–Trinajstić information content (AvgIpc) is 3.36. The molecular weight excluding hydrogens is 648 g/mol. The third kappa shape index (κ3) is 6.77. The Balaban J connectivity index is 1.30. The normalized spacial score (nSPS) is 52.1. The number of aliphatic hydroxyl groups excluding tert-OH is 8. The van der Waals surface area contributed by atoms with Gasteiger partial charge in [-0.05, 0) is 92.8 Å². The highest BCUT2D eigenvalue weighted by Crippen LogP contribution is 2.68. The van der Waals surface area contributed by atoms with Gasteiger partial charge in [0, 0.05) is 11.8 Å². The van der Waals surface area contributed by atoms with E-state index in [1.54, 1.807) is 6.92 Å². The fourth-order valence-corrected chi connectivity index (χ4v) is 11.3. The molecule has 0 aromatic heterocycles. The van der Waals surface area contributed by atoms with E-state index in [4.69, 9.17) is 18.9 Å². The second kappa shape index (κ2) is 14.8. The van der Waals surface area contributed by atoms with E-state index < -0.39 is 79.0 Å². The summed E-state index contributed by atoms with van der Waals surface area (Å²) >= 11 is 0. The number of hydrogen-bond donors (Lipinski definition) is 8. The van der Waals surface area contributed by atoms with Gasteiger partial charge in [0.25, 0.3) is 0 Å². The Kier molecular flexibility index (Phi) is 11.6. The molecular formula is C38H64O12. The van der Waals surface area contributed by atoms with Gasteiger partial charge < -0.3 is 59.8 Å². The maximum Gasteiger partial charge on any atom is 0.186 e. The Hall–Kier alpha value is -0.740. The van der Waals surface area contributed by atoms with Gasteiger partial charge in [0.2, 0.25) is 0 Å². The van der Waals surface area contributed by atoms with Crippen LogP contribution in [0.5, 0.6) is 0 Å². The molecule has 20 atom stereocenters. The number of hydrogen-bond acceptors (Lipinski definition) is 12. The molecule has 0 radical (unpaired) electrons. The summed E-state index contributed by atoms with van der Waals surface area (Å²) in [5, 5.41) is 85.7. The number of aliphatic hydroxyl groups is 8. The Morgan fingerprint density at radius 2 is 1.56 bits per heavy atom. The van der Waals surface area contributed by atoms with Gasteiger partial charge in [0.05, 0.1) is 37.1 Å². The molecule has 288 valence electrons. The summed E-state index contributed by atoms with van der Waals surface area (Å²) in [6.07, 6.45) is -5.21. The minimum atomic E-state index is -1.43. The van der Waals surface area contributed by atoms with Gasteiger partial charge in [0.1, 0.15) is 36.6 Å². The highest BCUT2D eigenvalue weighted by atomic mass is 16.7. The van der Waals surface area contributed by atoms with Crippen LogP contribution in [0.25, 0.3) is 0 Å². The molecule has 12 heteroatoms. The summed E-state index contributed by atoms with van der Waals surface area (Å²) in [4.78, 5) is 0. The van der Waals surface area contributed by atoms with Crippen molar-refractivity contribution in [3.05, 3.63) is 11.6 Å². The third-order valence-corrected chi connectivity index (χ3v) is 14.3. The maximum atomic E-state index is 11.6. The van der Waals surface area contributed by atoms with Crippen LogP contribution in [0, 0.1) is 46.3 Å². The molecule has 2 saturated heterocycles. The summed E-state index contributed by atoms with van der Waals surface area (Å²) < 4.78 is 24.8. The summed E-state index contributed by atoms with van der Waals surface area (Å²) in [5.41, 5.74) is 0.433. The molecule has 4 aliphatic carbocycles. The van der Waals surface area contributed by atoms with E-state index in [9.17, 15) is 40.9 Å². The van der Waals surface area contributed by atoms with Crippen molar-refractivity contribution in [2.75, 3.05) is 6.61 Å². The van der Waals surface area contributed by atoms with E-state index in [0.717, 1.165) is 31.3 Å². The number of fused-ring (bicyclic) bond motifs is 5. The van der Waals surface area contributed by atoms with Crippen LogP contribution in [0.4, 0.5) is 0 Å². The lowest BCUT2D eigenvalue weighted by Gasteiger charge is -2.60. The van der Waals surface area contributed by atoms with Crippen LogP contribution >= 0.6 is 0 Å².